The maximum Gasteiger partial charge on any atom is 0.264 e. The third-order valence-electron chi connectivity index (χ3n) is 4.87. The van der Waals surface area contributed by atoms with Gasteiger partial charge in [0.25, 0.3) is 10.0 Å². The lowest BCUT2D eigenvalue weighted by Crippen LogP contribution is -2.32. The first-order valence-electron chi connectivity index (χ1n) is 8.52. The van der Waals surface area contributed by atoms with E-state index in [0.717, 1.165) is 25.1 Å². The summed E-state index contributed by atoms with van der Waals surface area (Å²) in [5, 5.41) is 0. The summed E-state index contributed by atoms with van der Waals surface area (Å²) in [6.07, 6.45) is 2.32. The molecule has 0 aromatic heterocycles. The topological polar surface area (TPSA) is 61.8 Å². The molecule has 3 rings (SSSR count). The molecule has 1 N–H and O–H groups in total. The third-order valence-corrected chi connectivity index (χ3v) is 6.42. The largest absolute Gasteiger partial charge is 0.299 e. The maximum absolute atomic E-state index is 12.5. The molecule has 0 spiro atoms. The molecule has 2 heterocycles. The van der Waals surface area contributed by atoms with E-state index in [-0.39, 0.29) is 0 Å². The van der Waals surface area contributed by atoms with Gasteiger partial charge < -0.3 is 0 Å². The summed E-state index contributed by atoms with van der Waals surface area (Å²) in [4.78, 5) is 7.36. The smallest absolute Gasteiger partial charge is 0.264 e. The molecule has 5 nitrogen and oxygen atoms in total. The second kappa shape index (κ2) is 6.69. The molecule has 1 unspecified atom stereocenters. The summed E-state index contributed by atoms with van der Waals surface area (Å²) in [6, 6.07) is 7.98. The maximum atomic E-state index is 12.5. The number of rotatable bonds is 4. The Balaban J connectivity index is 1.88. The number of benzene rings is 1. The fourth-order valence-corrected chi connectivity index (χ4v) is 5.03. The first-order valence-corrected chi connectivity index (χ1v) is 10.0. The summed E-state index contributed by atoms with van der Waals surface area (Å²) in [5.41, 5.74) is 2.53. The van der Waals surface area contributed by atoms with Crippen molar-refractivity contribution >= 4 is 20.8 Å². The molecule has 24 heavy (non-hydrogen) atoms. The summed E-state index contributed by atoms with van der Waals surface area (Å²) in [5.74, 6) is 0.494. The van der Waals surface area contributed by atoms with Crippen LogP contribution < -0.4 is 4.72 Å². The Bertz CT molecular complexity index is 779. The first kappa shape index (κ1) is 17.2. The highest BCUT2D eigenvalue weighted by atomic mass is 32.2. The molecule has 1 aromatic carbocycles. The van der Waals surface area contributed by atoms with Crippen molar-refractivity contribution in [3.63, 3.8) is 0 Å². The lowest BCUT2D eigenvalue weighted by molar-refractivity contribution is 0.273. The molecule has 0 aliphatic carbocycles. The Kier molecular flexibility index (Phi) is 4.78. The lowest BCUT2D eigenvalue weighted by atomic mass is 10.1. The quantitative estimate of drug-likeness (QED) is 0.910. The van der Waals surface area contributed by atoms with Gasteiger partial charge in [-0.15, -0.1) is 0 Å². The SMILES string of the molecule is CCN1CCCC1CN=C1NS(=O)(=O)C(c2ccc(C)cc2)=C1C. The van der Waals surface area contributed by atoms with Crippen LogP contribution in [0.5, 0.6) is 0 Å². The van der Waals surface area contributed by atoms with Crippen molar-refractivity contribution in [2.24, 2.45) is 4.99 Å². The van der Waals surface area contributed by atoms with E-state index in [4.69, 9.17) is 0 Å². The minimum atomic E-state index is -3.53. The Labute approximate surface area is 144 Å². The Hall–Kier alpha value is -1.66. The molecule has 130 valence electrons. The Morgan fingerprint density at radius 2 is 1.96 bits per heavy atom. The number of amidine groups is 1. The van der Waals surface area contributed by atoms with Crippen LogP contribution in [0.3, 0.4) is 0 Å². The van der Waals surface area contributed by atoms with E-state index in [0.29, 0.717) is 34.5 Å². The van der Waals surface area contributed by atoms with E-state index in [2.05, 4.69) is 21.5 Å². The number of aryl methyl sites for hydroxylation is 1. The average Bonchev–Trinajstić information content (AvgIpc) is 3.08. The number of nitrogens with zero attached hydrogens (tertiary/aromatic N) is 2. The van der Waals surface area contributed by atoms with Crippen molar-refractivity contribution in [1.82, 2.24) is 9.62 Å². The normalized spacial score (nSPS) is 25.5. The van der Waals surface area contributed by atoms with Gasteiger partial charge in [0.05, 0.1) is 6.54 Å². The van der Waals surface area contributed by atoms with Gasteiger partial charge in [-0.3, -0.25) is 14.6 Å². The Morgan fingerprint density at radius 3 is 2.62 bits per heavy atom. The fourth-order valence-electron chi connectivity index (χ4n) is 3.51. The van der Waals surface area contributed by atoms with Crippen LogP contribution in [0.4, 0.5) is 0 Å². The monoisotopic (exact) mass is 347 g/mol. The molecule has 2 aliphatic heterocycles. The van der Waals surface area contributed by atoms with Crippen LogP contribution in [0.2, 0.25) is 0 Å². The number of nitrogens with one attached hydrogen (secondary N) is 1. The van der Waals surface area contributed by atoms with Gasteiger partial charge in [-0.1, -0.05) is 36.8 Å². The van der Waals surface area contributed by atoms with Gasteiger partial charge in [0.2, 0.25) is 0 Å². The van der Waals surface area contributed by atoms with Gasteiger partial charge in [-0.2, -0.15) is 0 Å². The van der Waals surface area contributed by atoms with E-state index in [1.807, 2.05) is 38.1 Å². The number of aliphatic imine (C=N–C) groups is 1. The number of hydrogen-bond donors (Lipinski definition) is 1. The molecule has 1 aromatic rings. The molecular weight excluding hydrogens is 322 g/mol. The summed E-state index contributed by atoms with van der Waals surface area (Å²) in [6.45, 7) is 8.75. The van der Waals surface area contributed by atoms with Gasteiger partial charge in [-0.25, -0.2) is 8.42 Å². The van der Waals surface area contributed by atoms with Gasteiger partial charge in [0.1, 0.15) is 10.7 Å². The number of likely N-dealkylation sites (N-methyl/N-ethyl adjacent to an activating group) is 1. The molecule has 0 radical (unpaired) electrons. The third kappa shape index (κ3) is 3.26. The highest BCUT2D eigenvalue weighted by Crippen LogP contribution is 2.30. The predicted octanol–water partition coefficient (Wildman–Crippen LogP) is 2.54. The van der Waals surface area contributed by atoms with Crippen molar-refractivity contribution in [1.29, 1.82) is 0 Å². The van der Waals surface area contributed by atoms with Crippen LogP contribution in [0.1, 0.15) is 37.8 Å². The van der Waals surface area contributed by atoms with Crippen molar-refractivity contribution in [3.8, 4) is 0 Å². The molecule has 6 heteroatoms. The summed E-state index contributed by atoms with van der Waals surface area (Å²) >= 11 is 0. The molecule has 1 saturated heterocycles. The highest BCUT2D eigenvalue weighted by molar-refractivity contribution is 8.00. The van der Waals surface area contributed by atoms with Crippen LogP contribution in [-0.4, -0.2) is 44.8 Å². The summed E-state index contributed by atoms with van der Waals surface area (Å²) < 4.78 is 27.7. The van der Waals surface area contributed by atoms with Crippen molar-refractivity contribution in [3.05, 3.63) is 41.0 Å². The second-order valence-electron chi connectivity index (χ2n) is 6.54. The van der Waals surface area contributed by atoms with E-state index in [1.165, 1.54) is 6.42 Å². The van der Waals surface area contributed by atoms with E-state index in [9.17, 15) is 8.42 Å². The van der Waals surface area contributed by atoms with Gasteiger partial charge in [0.15, 0.2) is 0 Å². The summed E-state index contributed by atoms with van der Waals surface area (Å²) in [7, 11) is -3.53. The first-order chi connectivity index (χ1) is 11.4. The van der Waals surface area contributed by atoms with Crippen LogP contribution in [0.15, 0.2) is 34.8 Å². The zero-order valence-corrected chi connectivity index (χ0v) is 15.4. The fraction of sp³-hybridized carbons (Fsp3) is 0.500. The van der Waals surface area contributed by atoms with Gasteiger partial charge in [0, 0.05) is 11.6 Å². The minimum Gasteiger partial charge on any atom is -0.299 e. The molecule has 0 saturated carbocycles. The number of hydrogen-bond acceptors (Lipinski definition) is 4. The van der Waals surface area contributed by atoms with E-state index in [1.54, 1.807) is 0 Å². The predicted molar refractivity (Wildman–Crippen MR) is 98.4 cm³/mol. The van der Waals surface area contributed by atoms with E-state index < -0.39 is 10.0 Å². The van der Waals surface area contributed by atoms with Crippen LogP contribution >= 0.6 is 0 Å². The molecule has 1 fully saturated rings. The Morgan fingerprint density at radius 1 is 1.25 bits per heavy atom. The molecule has 0 amide bonds. The van der Waals surface area contributed by atoms with Gasteiger partial charge in [-0.05, 0) is 45.3 Å². The minimum absolute atomic E-state index is 0.347. The van der Waals surface area contributed by atoms with E-state index >= 15 is 0 Å². The van der Waals surface area contributed by atoms with Crippen molar-refractivity contribution in [2.75, 3.05) is 19.6 Å². The molecular formula is C18H25N3O2S. The second-order valence-corrected chi connectivity index (χ2v) is 8.16. The number of likely N-dealkylation sites (tertiary alicyclic amines) is 1. The molecule has 0 bridgehead atoms. The van der Waals surface area contributed by atoms with Crippen molar-refractivity contribution < 1.29 is 8.42 Å². The lowest BCUT2D eigenvalue weighted by Gasteiger charge is -2.20. The zero-order valence-electron chi connectivity index (χ0n) is 14.5. The van der Waals surface area contributed by atoms with Crippen molar-refractivity contribution in [2.45, 2.75) is 39.7 Å². The van der Waals surface area contributed by atoms with Crippen LogP contribution in [0, 0.1) is 6.92 Å². The van der Waals surface area contributed by atoms with Gasteiger partial charge >= 0.3 is 0 Å². The zero-order chi connectivity index (χ0) is 17.3. The van der Waals surface area contributed by atoms with Crippen LogP contribution in [-0.2, 0) is 10.0 Å². The van der Waals surface area contributed by atoms with Crippen LogP contribution in [0.25, 0.3) is 4.91 Å². The number of sulfonamides is 1. The standard InChI is InChI=1S/C18H25N3O2S/c1-4-21-11-5-6-16(21)12-19-18-14(3)17(24(22,23)20-18)15-9-7-13(2)8-10-15/h7-10,16H,4-6,11-12H2,1-3H3,(H,19,20). The molecule has 1 atom stereocenters. The molecule has 2 aliphatic rings. The average molecular weight is 347 g/mol. The highest BCUT2D eigenvalue weighted by Gasteiger charge is 2.33.